The van der Waals surface area contributed by atoms with Gasteiger partial charge in [-0.05, 0) is 25.1 Å². The van der Waals surface area contributed by atoms with E-state index in [0.29, 0.717) is 11.3 Å². The zero-order valence-electron chi connectivity index (χ0n) is 10.2. The first-order chi connectivity index (χ1) is 8.58. The summed E-state index contributed by atoms with van der Waals surface area (Å²) < 4.78 is 22.5. The fraction of sp³-hybridized carbons (Fsp3) is 0.333. The number of esters is 1. The minimum Gasteiger partial charge on any atom is -0.496 e. The molecule has 1 amide bonds. The van der Waals surface area contributed by atoms with Crippen molar-refractivity contribution in [1.29, 1.82) is 0 Å². The van der Waals surface area contributed by atoms with Crippen LogP contribution in [0.3, 0.4) is 0 Å². The van der Waals surface area contributed by atoms with Gasteiger partial charge in [-0.2, -0.15) is 0 Å². The molecule has 1 aromatic carbocycles. The number of hydrogen-bond acceptors (Lipinski definition) is 4. The molecule has 5 nitrogen and oxygen atoms in total. The summed E-state index contributed by atoms with van der Waals surface area (Å²) in [4.78, 5) is 22.3. The van der Waals surface area contributed by atoms with Crippen molar-refractivity contribution < 1.29 is 23.5 Å². The molecule has 6 heteroatoms. The van der Waals surface area contributed by atoms with Crippen LogP contribution in [-0.2, 0) is 20.9 Å². The van der Waals surface area contributed by atoms with E-state index in [0.717, 1.165) is 0 Å². The van der Waals surface area contributed by atoms with E-state index < -0.39 is 17.7 Å². The summed E-state index contributed by atoms with van der Waals surface area (Å²) in [5, 5.41) is 2.33. The molecule has 0 saturated heterocycles. The lowest BCUT2D eigenvalue weighted by atomic mass is 10.2. The highest BCUT2D eigenvalue weighted by atomic mass is 19.1. The Labute approximate surface area is 104 Å². The first-order valence-corrected chi connectivity index (χ1v) is 5.35. The van der Waals surface area contributed by atoms with Gasteiger partial charge in [-0.3, -0.25) is 4.79 Å². The van der Waals surface area contributed by atoms with Gasteiger partial charge in [0.1, 0.15) is 11.6 Å². The Kier molecular flexibility index (Phi) is 5.10. The summed E-state index contributed by atoms with van der Waals surface area (Å²) in [6.45, 7) is 1.70. The van der Waals surface area contributed by atoms with Crippen LogP contribution in [0.5, 0.6) is 5.75 Å². The Morgan fingerprint density at radius 2 is 2.11 bits per heavy atom. The van der Waals surface area contributed by atoms with E-state index in [1.807, 2.05) is 0 Å². The molecule has 0 saturated carbocycles. The SMILES string of the molecule is CCOC(=O)C(=O)NCc1cc(F)ccc1OC. The number of halogens is 1. The molecule has 0 aliphatic carbocycles. The highest BCUT2D eigenvalue weighted by Gasteiger charge is 2.15. The number of nitrogens with one attached hydrogen (secondary N) is 1. The summed E-state index contributed by atoms with van der Waals surface area (Å²) in [5.74, 6) is -1.85. The molecule has 0 aliphatic heterocycles. The third-order valence-corrected chi connectivity index (χ3v) is 2.14. The van der Waals surface area contributed by atoms with Crippen LogP contribution in [0.25, 0.3) is 0 Å². The lowest BCUT2D eigenvalue weighted by molar-refractivity contribution is -0.154. The average Bonchev–Trinajstić information content (AvgIpc) is 2.36. The first-order valence-electron chi connectivity index (χ1n) is 5.35. The van der Waals surface area contributed by atoms with Crippen LogP contribution in [0.15, 0.2) is 18.2 Å². The summed E-state index contributed by atoms with van der Waals surface area (Å²) in [6.07, 6.45) is 0. The Balaban J connectivity index is 2.65. The molecule has 0 fully saturated rings. The van der Waals surface area contributed by atoms with Crippen molar-refractivity contribution in [3.05, 3.63) is 29.6 Å². The molecule has 1 aromatic rings. The number of hydrogen-bond donors (Lipinski definition) is 1. The second-order valence-electron chi connectivity index (χ2n) is 3.36. The van der Waals surface area contributed by atoms with Crippen molar-refractivity contribution in [1.82, 2.24) is 5.32 Å². The van der Waals surface area contributed by atoms with Crippen LogP contribution in [0.1, 0.15) is 12.5 Å². The topological polar surface area (TPSA) is 64.6 Å². The van der Waals surface area contributed by atoms with Gasteiger partial charge in [0.05, 0.1) is 13.7 Å². The summed E-state index contributed by atoms with van der Waals surface area (Å²) >= 11 is 0. The van der Waals surface area contributed by atoms with Crippen molar-refractivity contribution in [3.8, 4) is 5.75 Å². The van der Waals surface area contributed by atoms with Gasteiger partial charge < -0.3 is 14.8 Å². The molecule has 0 aromatic heterocycles. The maximum absolute atomic E-state index is 13.0. The van der Waals surface area contributed by atoms with Gasteiger partial charge in [0.2, 0.25) is 0 Å². The second-order valence-corrected chi connectivity index (χ2v) is 3.36. The monoisotopic (exact) mass is 255 g/mol. The molecule has 0 heterocycles. The predicted molar refractivity (Wildman–Crippen MR) is 61.4 cm³/mol. The van der Waals surface area contributed by atoms with E-state index >= 15 is 0 Å². The second kappa shape index (κ2) is 6.58. The quantitative estimate of drug-likeness (QED) is 0.644. The molecule has 0 spiro atoms. The highest BCUT2D eigenvalue weighted by Crippen LogP contribution is 2.18. The number of amides is 1. The third-order valence-electron chi connectivity index (χ3n) is 2.14. The Morgan fingerprint density at radius 1 is 1.39 bits per heavy atom. The predicted octanol–water partition coefficient (Wildman–Crippen LogP) is 1.01. The third kappa shape index (κ3) is 3.73. The van der Waals surface area contributed by atoms with Crippen LogP contribution in [0.2, 0.25) is 0 Å². The minimum absolute atomic E-state index is 0.0153. The molecule has 0 radical (unpaired) electrons. The smallest absolute Gasteiger partial charge is 0.396 e. The Morgan fingerprint density at radius 3 is 2.72 bits per heavy atom. The zero-order chi connectivity index (χ0) is 13.5. The zero-order valence-corrected chi connectivity index (χ0v) is 10.2. The van der Waals surface area contributed by atoms with E-state index in [1.54, 1.807) is 6.92 Å². The number of carbonyl (C=O) groups is 2. The van der Waals surface area contributed by atoms with Crippen LogP contribution in [0.4, 0.5) is 4.39 Å². The molecule has 0 bridgehead atoms. The van der Waals surface area contributed by atoms with Crippen molar-refractivity contribution in [3.63, 3.8) is 0 Å². The number of carbonyl (C=O) groups excluding carboxylic acids is 2. The lowest BCUT2D eigenvalue weighted by Gasteiger charge is -2.09. The fourth-order valence-electron chi connectivity index (χ4n) is 1.33. The normalized spacial score (nSPS) is 9.72. The van der Waals surface area contributed by atoms with Crippen LogP contribution >= 0.6 is 0 Å². The fourth-order valence-corrected chi connectivity index (χ4v) is 1.33. The Hall–Kier alpha value is -2.11. The van der Waals surface area contributed by atoms with Gasteiger partial charge in [-0.1, -0.05) is 0 Å². The maximum atomic E-state index is 13.0. The summed E-state index contributed by atoms with van der Waals surface area (Å²) in [6, 6.07) is 3.92. The molecule has 1 N–H and O–H groups in total. The molecule has 0 atom stereocenters. The maximum Gasteiger partial charge on any atom is 0.396 e. The molecule has 18 heavy (non-hydrogen) atoms. The number of ether oxygens (including phenoxy) is 2. The molecule has 0 unspecified atom stereocenters. The van der Waals surface area contributed by atoms with Gasteiger partial charge in [-0.25, -0.2) is 9.18 Å². The van der Waals surface area contributed by atoms with Gasteiger partial charge in [0, 0.05) is 12.1 Å². The van der Waals surface area contributed by atoms with Gasteiger partial charge in [-0.15, -0.1) is 0 Å². The van der Waals surface area contributed by atoms with Crippen molar-refractivity contribution in [2.24, 2.45) is 0 Å². The minimum atomic E-state index is -0.965. The highest BCUT2D eigenvalue weighted by molar-refractivity contribution is 6.32. The van der Waals surface area contributed by atoms with E-state index in [4.69, 9.17) is 4.74 Å². The standard InChI is InChI=1S/C12H14FNO4/c1-3-18-12(16)11(15)14-7-8-6-9(13)4-5-10(8)17-2/h4-6H,3,7H2,1-2H3,(H,14,15). The van der Waals surface area contributed by atoms with Gasteiger partial charge >= 0.3 is 11.9 Å². The molecular formula is C12H14FNO4. The average molecular weight is 255 g/mol. The van der Waals surface area contributed by atoms with Gasteiger partial charge in [0.15, 0.2) is 0 Å². The van der Waals surface area contributed by atoms with Crippen LogP contribution in [0, 0.1) is 5.82 Å². The largest absolute Gasteiger partial charge is 0.496 e. The van der Waals surface area contributed by atoms with Gasteiger partial charge in [0.25, 0.3) is 0 Å². The summed E-state index contributed by atoms with van der Waals surface area (Å²) in [5.41, 5.74) is 0.440. The number of benzene rings is 1. The number of rotatable bonds is 4. The summed E-state index contributed by atoms with van der Waals surface area (Å²) in [7, 11) is 1.43. The first kappa shape index (κ1) is 14.0. The van der Waals surface area contributed by atoms with Crippen LogP contribution < -0.4 is 10.1 Å². The van der Waals surface area contributed by atoms with E-state index in [1.165, 1.54) is 25.3 Å². The molecule has 98 valence electrons. The van der Waals surface area contributed by atoms with Crippen LogP contribution in [-0.4, -0.2) is 25.6 Å². The lowest BCUT2D eigenvalue weighted by Crippen LogP contribution is -2.32. The Bertz CT molecular complexity index is 448. The van der Waals surface area contributed by atoms with E-state index in [2.05, 4.69) is 10.1 Å². The van der Waals surface area contributed by atoms with Crippen molar-refractivity contribution in [2.75, 3.05) is 13.7 Å². The van der Waals surface area contributed by atoms with Crippen molar-refractivity contribution in [2.45, 2.75) is 13.5 Å². The van der Waals surface area contributed by atoms with E-state index in [-0.39, 0.29) is 13.2 Å². The van der Waals surface area contributed by atoms with E-state index in [9.17, 15) is 14.0 Å². The number of methoxy groups -OCH3 is 1. The molecule has 0 aliphatic rings. The molecular weight excluding hydrogens is 241 g/mol. The van der Waals surface area contributed by atoms with Crippen molar-refractivity contribution >= 4 is 11.9 Å². The molecule has 1 rings (SSSR count).